The highest BCUT2D eigenvalue weighted by Gasteiger charge is 2.31. The van der Waals surface area contributed by atoms with E-state index in [2.05, 4.69) is 15.6 Å². The van der Waals surface area contributed by atoms with E-state index in [1.807, 2.05) is 24.3 Å². The van der Waals surface area contributed by atoms with Crippen LogP contribution in [-0.4, -0.2) is 53.8 Å². The number of carbonyl (C=O) groups is 3. The summed E-state index contributed by atoms with van der Waals surface area (Å²) in [6.07, 6.45) is -3.50. The number of nitrogens with one attached hydrogen (secondary N) is 2. The first-order valence-electron chi connectivity index (χ1n) is 12.3. The highest BCUT2D eigenvalue weighted by Crippen LogP contribution is 2.29. The molecule has 9 nitrogen and oxygen atoms in total. The lowest BCUT2D eigenvalue weighted by atomic mass is 9.96. The van der Waals surface area contributed by atoms with Gasteiger partial charge in [-0.2, -0.15) is 13.2 Å². The summed E-state index contributed by atoms with van der Waals surface area (Å²) in [5.41, 5.74) is 17.9. The molecule has 8 N–H and O–H groups in total. The topological polar surface area (TPSA) is 166 Å². The number of ketones is 1. The number of carbonyl (C=O) groups excluding carboxylic acids is 3. The van der Waals surface area contributed by atoms with Gasteiger partial charge < -0.3 is 27.8 Å². The molecule has 3 rings (SSSR count). The van der Waals surface area contributed by atoms with Crippen LogP contribution < -0.4 is 27.8 Å². The second-order valence-electron chi connectivity index (χ2n) is 9.19. The Kier molecular flexibility index (Phi) is 10.1. The standard InChI is InChI=1S/C27H31F3N6O3/c28-27(29,30)19-7-5-16(6-8-19)10-23(36-26(39)21(33)12-25(38)35-20(13-31)14-32)24(37)11-17-9-18-3-1-2-4-22(18)34-15-17/h1-9,15,20-21,23H,10-14,31-33H2,(H,35,38)(H,36,39)/t21-,23-/m0/s1. The number of pyridine rings is 1. The van der Waals surface area contributed by atoms with Crippen molar-refractivity contribution in [3.8, 4) is 0 Å². The molecule has 0 fully saturated rings. The van der Waals surface area contributed by atoms with Gasteiger partial charge in [-0.25, -0.2) is 0 Å². The maximum atomic E-state index is 13.3. The quantitative estimate of drug-likeness (QED) is 0.229. The summed E-state index contributed by atoms with van der Waals surface area (Å²) in [7, 11) is 0. The predicted octanol–water partition coefficient (Wildman–Crippen LogP) is 1.21. The SMILES string of the molecule is NCC(CN)NC(=O)C[C@H](N)C(=O)N[C@@H](Cc1ccc(C(F)(F)F)cc1)C(=O)Cc1cnc2ccccc2c1. The van der Waals surface area contributed by atoms with Crippen LogP contribution in [0.3, 0.4) is 0 Å². The maximum absolute atomic E-state index is 13.3. The van der Waals surface area contributed by atoms with E-state index in [1.165, 1.54) is 12.1 Å². The van der Waals surface area contributed by atoms with Crippen LogP contribution in [0.25, 0.3) is 10.9 Å². The molecule has 3 aromatic rings. The predicted molar refractivity (Wildman–Crippen MR) is 140 cm³/mol. The van der Waals surface area contributed by atoms with Gasteiger partial charge in [-0.05, 0) is 41.8 Å². The van der Waals surface area contributed by atoms with Gasteiger partial charge in [-0.3, -0.25) is 19.4 Å². The zero-order chi connectivity index (χ0) is 28.6. The normalized spacial score (nSPS) is 13.2. The van der Waals surface area contributed by atoms with Crippen LogP contribution in [-0.2, 0) is 33.4 Å². The monoisotopic (exact) mass is 544 g/mol. The van der Waals surface area contributed by atoms with Crippen LogP contribution in [0.5, 0.6) is 0 Å². The molecule has 0 aliphatic rings. The number of fused-ring (bicyclic) bond motifs is 1. The van der Waals surface area contributed by atoms with Gasteiger partial charge >= 0.3 is 6.18 Å². The number of para-hydroxylation sites is 1. The van der Waals surface area contributed by atoms with Gasteiger partial charge in [0, 0.05) is 31.1 Å². The minimum absolute atomic E-state index is 0.0783. The van der Waals surface area contributed by atoms with Crippen molar-refractivity contribution in [3.05, 3.63) is 77.5 Å². The Morgan fingerprint density at radius 1 is 0.923 bits per heavy atom. The molecule has 0 spiro atoms. The minimum atomic E-state index is -4.51. The molecule has 39 heavy (non-hydrogen) atoms. The summed E-state index contributed by atoms with van der Waals surface area (Å²) < 4.78 is 38.9. The molecule has 0 aliphatic heterocycles. The zero-order valence-electron chi connectivity index (χ0n) is 21.1. The molecule has 0 bridgehead atoms. The fourth-order valence-corrected chi connectivity index (χ4v) is 3.92. The molecule has 12 heteroatoms. The largest absolute Gasteiger partial charge is 0.416 e. The number of benzene rings is 2. The molecule has 0 saturated heterocycles. The van der Waals surface area contributed by atoms with Crippen molar-refractivity contribution in [2.45, 2.75) is 43.6 Å². The Bertz CT molecular complexity index is 1300. The summed E-state index contributed by atoms with van der Waals surface area (Å²) in [5.74, 6) is -1.70. The Hall–Kier alpha value is -3.87. The summed E-state index contributed by atoms with van der Waals surface area (Å²) >= 11 is 0. The fraction of sp³-hybridized carbons (Fsp3) is 0.333. The Labute approximate surface area is 223 Å². The molecule has 1 heterocycles. The number of amides is 2. The Morgan fingerprint density at radius 2 is 1.59 bits per heavy atom. The molecule has 2 atom stereocenters. The van der Waals surface area contributed by atoms with E-state index in [1.54, 1.807) is 12.3 Å². The highest BCUT2D eigenvalue weighted by molar-refractivity contribution is 5.94. The van der Waals surface area contributed by atoms with E-state index in [0.717, 1.165) is 23.0 Å². The molecule has 208 valence electrons. The fourth-order valence-electron chi connectivity index (χ4n) is 3.92. The van der Waals surface area contributed by atoms with Crippen LogP contribution in [0.4, 0.5) is 13.2 Å². The number of halogens is 3. The third-order valence-corrected chi connectivity index (χ3v) is 6.13. The van der Waals surface area contributed by atoms with Gasteiger partial charge in [0.2, 0.25) is 11.8 Å². The van der Waals surface area contributed by atoms with Crippen molar-refractivity contribution < 1.29 is 27.6 Å². The molecular formula is C27H31F3N6O3. The van der Waals surface area contributed by atoms with E-state index in [-0.39, 0.29) is 32.4 Å². The minimum Gasteiger partial charge on any atom is -0.351 e. The number of hydrogen-bond acceptors (Lipinski definition) is 7. The van der Waals surface area contributed by atoms with Crippen molar-refractivity contribution in [3.63, 3.8) is 0 Å². The highest BCUT2D eigenvalue weighted by atomic mass is 19.4. The average Bonchev–Trinajstić information content (AvgIpc) is 2.90. The first-order valence-corrected chi connectivity index (χ1v) is 12.3. The lowest BCUT2D eigenvalue weighted by Gasteiger charge is -2.21. The molecule has 0 saturated carbocycles. The lowest BCUT2D eigenvalue weighted by Crippen LogP contribution is -2.52. The van der Waals surface area contributed by atoms with Gasteiger partial charge in [0.15, 0.2) is 5.78 Å². The van der Waals surface area contributed by atoms with E-state index in [4.69, 9.17) is 17.2 Å². The van der Waals surface area contributed by atoms with E-state index >= 15 is 0 Å². The van der Waals surface area contributed by atoms with Gasteiger partial charge in [0.25, 0.3) is 0 Å². The molecule has 0 aliphatic carbocycles. The first kappa shape index (κ1) is 29.7. The average molecular weight is 545 g/mol. The second-order valence-corrected chi connectivity index (χ2v) is 9.19. The van der Waals surface area contributed by atoms with Crippen LogP contribution in [0.15, 0.2) is 60.8 Å². The van der Waals surface area contributed by atoms with Crippen molar-refractivity contribution in [2.75, 3.05) is 13.1 Å². The van der Waals surface area contributed by atoms with Gasteiger partial charge in [-0.15, -0.1) is 0 Å². The van der Waals surface area contributed by atoms with E-state index < -0.39 is 47.5 Å². The van der Waals surface area contributed by atoms with Crippen molar-refractivity contribution in [1.29, 1.82) is 0 Å². The number of nitrogens with two attached hydrogens (primary N) is 3. The van der Waals surface area contributed by atoms with Gasteiger partial charge in [0.1, 0.15) is 0 Å². The lowest BCUT2D eigenvalue weighted by molar-refractivity contribution is -0.137. The molecule has 1 aromatic heterocycles. The Balaban J connectivity index is 1.76. The number of aromatic nitrogens is 1. The van der Waals surface area contributed by atoms with E-state index in [9.17, 15) is 27.6 Å². The number of rotatable bonds is 12. The number of Topliss-reactive ketones (excluding diaryl/α,β-unsaturated/α-hetero) is 1. The summed E-state index contributed by atoms with van der Waals surface area (Å²) in [6, 6.07) is 10.6. The molecular weight excluding hydrogens is 513 g/mol. The first-order chi connectivity index (χ1) is 18.5. The number of alkyl halides is 3. The van der Waals surface area contributed by atoms with Crippen LogP contribution in [0.1, 0.15) is 23.1 Å². The number of nitrogens with zero attached hydrogens (tertiary/aromatic N) is 1. The maximum Gasteiger partial charge on any atom is 0.416 e. The van der Waals surface area contributed by atoms with Crippen molar-refractivity contribution >= 4 is 28.5 Å². The second kappa shape index (κ2) is 13.3. The van der Waals surface area contributed by atoms with Crippen LogP contribution in [0.2, 0.25) is 0 Å². The molecule has 0 radical (unpaired) electrons. The van der Waals surface area contributed by atoms with Crippen molar-refractivity contribution in [1.82, 2.24) is 15.6 Å². The molecule has 2 amide bonds. The summed E-state index contributed by atoms with van der Waals surface area (Å²) in [5, 5.41) is 5.96. The summed E-state index contributed by atoms with van der Waals surface area (Å²) in [4.78, 5) is 42.7. The summed E-state index contributed by atoms with van der Waals surface area (Å²) in [6.45, 7) is 0.216. The third-order valence-electron chi connectivity index (χ3n) is 6.13. The van der Waals surface area contributed by atoms with Crippen molar-refractivity contribution in [2.24, 2.45) is 17.2 Å². The van der Waals surface area contributed by atoms with Crippen LogP contribution in [0, 0.1) is 0 Å². The third kappa shape index (κ3) is 8.57. The molecule has 2 aromatic carbocycles. The Morgan fingerprint density at radius 3 is 2.23 bits per heavy atom. The zero-order valence-corrected chi connectivity index (χ0v) is 21.1. The number of hydrogen-bond donors (Lipinski definition) is 5. The smallest absolute Gasteiger partial charge is 0.351 e. The van der Waals surface area contributed by atoms with Gasteiger partial charge in [-0.1, -0.05) is 30.3 Å². The van der Waals surface area contributed by atoms with Crippen LogP contribution >= 0.6 is 0 Å². The molecule has 0 unspecified atom stereocenters. The van der Waals surface area contributed by atoms with Gasteiger partial charge in [0.05, 0.1) is 35.6 Å². The van der Waals surface area contributed by atoms with E-state index in [0.29, 0.717) is 11.1 Å².